The van der Waals surface area contributed by atoms with Crippen LogP contribution in [0.25, 0.3) is 0 Å². The van der Waals surface area contributed by atoms with Crippen LogP contribution in [0.1, 0.15) is 406 Å². The molecule has 0 rings (SSSR count). The van der Waals surface area contributed by atoms with E-state index in [0.29, 0.717) is 19.3 Å². The van der Waals surface area contributed by atoms with Gasteiger partial charge < -0.3 is 14.2 Å². The second-order valence-electron chi connectivity index (χ2n) is 24.9. The quantitative estimate of drug-likeness (QED) is 0.0261. The van der Waals surface area contributed by atoms with Crippen molar-refractivity contribution in [1.29, 1.82) is 0 Å². The first-order chi connectivity index (χ1) is 40.0. The van der Waals surface area contributed by atoms with E-state index in [0.717, 1.165) is 70.6 Å². The van der Waals surface area contributed by atoms with Crippen molar-refractivity contribution < 1.29 is 28.6 Å². The monoisotopic (exact) mass is 1140 g/mol. The summed E-state index contributed by atoms with van der Waals surface area (Å²) in [6.07, 6.45) is 87.7. The summed E-state index contributed by atoms with van der Waals surface area (Å²) in [5.74, 6) is -0.860. The van der Waals surface area contributed by atoms with Crippen molar-refractivity contribution in [3.8, 4) is 0 Å². The molecule has 0 saturated carbocycles. The molecule has 0 amide bonds. The van der Waals surface area contributed by atoms with Gasteiger partial charge in [0.2, 0.25) is 0 Å². The lowest BCUT2D eigenvalue weighted by Gasteiger charge is -2.18. The largest absolute Gasteiger partial charge is 0.462 e. The Labute approximate surface area is 506 Å². The third kappa shape index (κ3) is 68.3. The normalized spacial score (nSPS) is 12.2. The van der Waals surface area contributed by atoms with Gasteiger partial charge in [-0.25, -0.2) is 0 Å². The summed E-state index contributed by atoms with van der Waals surface area (Å²) >= 11 is 0. The average Bonchev–Trinajstić information content (AvgIpc) is 3.47. The standard InChI is InChI=1S/C75H140O6/c1-4-7-10-13-16-19-22-24-26-28-30-32-33-34-35-36-37-38-39-40-41-43-44-46-48-50-53-56-59-62-65-68-74(77)80-71-72(70-79-73(76)67-64-61-58-55-52-21-18-15-12-9-6-3)81-75(78)69-66-63-60-57-54-51-49-47-45-42-31-29-27-25-23-20-17-14-11-8-5-2/h15,18,23,25,29,31,72H,4-14,16-17,19-22,24,26-28,30,32-71H2,1-3H3/b18-15-,25-23-,31-29-. The van der Waals surface area contributed by atoms with Crippen LogP contribution in [0.3, 0.4) is 0 Å². The molecule has 0 aliphatic heterocycles. The first-order valence-corrected chi connectivity index (χ1v) is 36.5. The van der Waals surface area contributed by atoms with Crippen molar-refractivity contribution in [2.75, 3.05) is 13.2 Å². The highest BCUT2D eigenvalue weighted by atomic mass is 16.6. The summed E-state index contributed by atoms with van der Waals surface area (Å²) in [5.41, 5.74) is 0. The number of ether oxygens (including phenoxy) is 3. The highest BCUT2D eigenvalue weighted by Crippen LogP contribution is 2.19. The molecule has 0 bridgehead atoms. The van der Waals surface area contributed by atoms with E-state index in [-0.39, 0.29) is 31.1 Å². The van der Waals surface area contributed by atoms with Gasteiger partial charge in [0.15, 0.2) is 6.10 Å². The molecule has 0 N–H and O–H groups in total. The fraction of sp³-hybridized carbons (Fsp3) is 0.880. The van der Waals surface area contributed by atoms with Gasteiger partial charge >= 0.3 is 17.9 Å². The van der Waals surface area contributed by atoms with E-state index in [1.165, 1.54) is 295 Å². The maximum absolute atomic E-state index is 12.9. The van der Waals surface area contributed by atoms with Crippen LogP contribution in [-0.4, -0.2) is 37.2 Å². The SMILES string of the molecule is CCCC/C=C\CCCCCCCC(=O)OCC(COC(=O)CCCCCCCCCCCCCCCCCCCCCCCCCCCCCCCCC)OC(=O)CCCCCCCCCCC/C=C\C/C=C\CCCCCCC. The summed E-state index contributed by atoms with van der Waals surface area (Å²) in [6.45, 7) is 6.65. The predicted molar refractivity (Wildman–Crippen MR) is 353 cm³/mol. The van der Waals surface area contributed by atoms with Gasteiger partial charge in [-0.2, -0.15) is 0 Å². The third-order valence-corrected chi connectivity index (χ3v) is 16.6. The molecule has 1 atom stereocenters. The molecule has 6 nitrogen and oxygen atoms in total. The Hall–Kier alpha value is -2.37. The summed E-state index contributed by atoms with van der Waals surface area (Å²) in [5, 5.41) is 0. The number of hydrogen-bond donors (Lipinski definition) is 0. The van der Waals surface area contributed by atoms with Gasteiger partial charge in [0.25, 0.3) is 0 Å². The smallest absolute Gasteiger partial charge is 0.306 e. The van der Waals surface area contributed by atoms with Gasteiger partial charge in [-0.05, 0) is 70.6 Å². The molecule has 1 unspecified atom stereocenters. The molecular weight excluding hydrogens is 997 g/mol. The topological polar surface area (TPSA) is 78.9 Å². The zero-order valence-electron chi connectivity index (χ0n) is 54.8. The number of hydrogen-bond acceptors (Lipinski definition) is 6. The summed E-state index contributed by atoms with van der Waals surface area (Å²) in [6, 6.07) is 0. The molecule has 81 heavy (non-hydrogen) atoms. The Morgan fingerprint density at radius 2 is 0.457 bits per heavy atom. The molecular formula is C75H140O6. The number of allylic oxidation sites excluding steroid dienone is 6. The van der Waals surface area contributed by atoms with E-state index in [2.05, 4.69) is 57.2 Å². The number of unbranched alkanes of at least 4 members (excludes halogenated alkanes) is 51. The Kier molecular flexibility index (Phi) is 68.1. The van der Waals surface area contributed by atoms with Crippen molar-refractivity contribution in [3.63, 3.8) is 0 Å². The van der Waals surface area contributed by atoms with Crippen molar-refractivity contribution in [1.82, 2.24) is 0 Å². The summed E-state index contributed by atoms with van der Waals surface area (Å²) in [4.78, 5) is 38.4. The minimum absolute atomic E-state index is 0.0721. The van der Waals surface area contributed by atoms with Gasteiger partial charge in [-0.3, -0.25) is 14.4 Å². The molecule has 0 aromatic rings. The lowest BCUT2D eigenvalue weighted by atomic mass is 10.0. The van der Waals surface area contributed by atoms with E-state index < -0.39 is 6.10 Å². The summed E-state index contributed by atoms with van der Waals surface area (Å²) < 4.78 is 17.0. The molecule has 0 radical (unpaired) electrons. The van der Waals surface area contributed by atoms with Crippen LogP contribution in [0.2, 0.25) is 0 Å². The highest BCUT2D eigenvalue weighted by molar-refractivity contribution is 5.71. The van der Waals surface area contributed by atoms with Gasteiger partial charge in [0.1, 0.15) is 13.2 Å². The predicted octanol–water partition coefficient (Wildman–Crippen LogP) is 25.1. The van der Waals surface area contributed by atoms with E-state index >= 15 is 0 Å². The molecule has 0 saturated heterocycles. The second kappa shape index (κ2) is 70.1. The van der Waals surface area contributed by atoms with Crippen molar-refractivity contribution in [2.45, 2.75) is 412 Å². The number of carbonyl (C=O) groups is 3. The maximum atomic E-state index is 12.9. The number of rotatable bonds is 68. The van der Waals surface area contributed by atoms with Gasteiger partial charge in [-0.1, -0.05) is 353 Å². The lowest BCUT2D eigenvalue weighted by molar-refractivity contribution is -0.167. The average molecular weight is 1140 g/mol. The zero-order chi connectivity index (χ0) is 58.5. The zero-order valence-corrected chi connectivity index (χ0v) is 54.8. The van der Waals surface area contributed by atoms with Gasteiger partial charge in [0, 0.05) is 19.3 Å². The highest BCUT2D eigenvalue weighted by Gasteiger charge is 2.19. The molecule has 0 aliphatic rings. The molecule has 0 heterocycles. The Bertz CT molecular complexity index is 1350. The summed E-state index contributed by atoms with van der Waals surface area (Å²) in [7, 11) is 0. The molecule has 0 spiro atoms. The Balaban J connectivity index is 4.11. The van der Waals surface area contributed by atoms with Crippen molar-refractivity contribution in [3.05, 3.63) is 36.5 Å². The first kappa shape index (κ1) is 78.6. The van der Waals surface area contributed by atoms with Crippen LogP contribution in [-0.2, 0) is 28.6 Å². The number of esters is 3. The minimum atomic E-state index is -0.777. The van der Waals surface area contributed by atoms with E-state index in [4.69, 9.17) is 14.2 Å². The molecule has 0 aromatic heterocycles. The van der Waals surface area contributed by atoms with Crippen LogP contribution in [0.4, 0.5) is 0 Å². The fourth-order valence-electron chi connectivity index (χ4n) is 11.1. The lowest BCUT2D eigenvalue weighted by Crippen LogP contribution is -2.30. The first-order valence-electron chi connectivity index (χ1n) is 36.5. The van der Waals surface area contributed by atoms with Crippen LogP contribution in [0.15, 0.2) is 36.5 Å². The van der Waals surface area contributed by atoms with Crippen molar-refractivity contribution >= 4 is 17.9 Å². The molecule has 6 heteroatoms. The van der Waals surface area contributed by atoms with Crippen LogP contribution < -0.4 is 0 Å². The third-order valence-electron chi connectivity index (χ3n) is 16.6. The fourth-order valence-corrected chi connectivity index (χ4v) is 11.1. The molecule has 0 aromatic carbocycles. The maximum Gasteiger partial charge on any atom is 0.306 e. The molecule has 0 fully saturated rings. The van der Waals surface area contributed by atoms with Crippen LogP contribution >= 0.6 is 0 Å². The molecule has 0 aliphatic carbocycles. The van der Waals surface area contributed by atoms with Crippen LogP contribution in [0.5, 0.6) is 0 Å². The van der Waals surface area contributed by atoms with E-state index in [1.54, 1.807) is 0 Å². The van der Waals surface area contributed by atoms with E-state index in [9.17, 15) is 14.4 Å². The second-order valence-corrected chi connectivity index (χ2v) is 24.9. The van der Waals surface area contributed by atoms with Gasteiger partial charge in [0.05, 0.1) is 0 Å². The Morgan fingerprint density at radius 1 is 0.247 bits per heavy atom. The van der Waals surface area contributed by atoms with E-state index in [1.807, 2.05) is 0 Å². The molecule has 476 valence electrons. The minimum Gasteiger partial charge on any atom is -0.462 e. The van der Waals surface area contributed by atoms with Crippen LogP contribution in [0, 0.1) is 0 Å². The van der Waals surface area contributed by atoms with Gasteiger partial charge in [-0.15, -0.1) is 0 Å². The van der Waals surface area contributed by atoms with Crippen molar-refractivity contribution in [2.24, 2.45) is 0 Å². The number of carbonyl (C=O) groups excluding carboxylic acids is 3. The Morgan fingerprint density at radius 3 is 0.728 bits per heavy atom.